The Labute approximate surface area is 152 Å². The van der Waals surface area contributed by atoms with Gasteiger partial charge in [-0.25, -0.2) is 13.4 Å². The van der Waals surface area contributed by atoms with Crippen molar-refractivity contribution < 1.29 is 18.0 Å². The van der Waals surface area contributed by atoms with Gasteiger partial charge >= 0.3 is 0 Å². The van der Waals surface area contributed by atoms with E-state index in [9.17, 15) is 18.0 Å². The highest BCUT2D eigenvalue weighted by atomic mass is 32.2. The summed E-state index contributed by atoms with van der Waals surface area (Å²) in [4.78, 5) is 27.1. The minimum atomic E-state index is -3.13. The molecule has 3 aliphatic heterocycles. The summed E-state index contributed by atoms with van der Waals surface area (Å²) < 4.78 is 23.5. The van der Waals surface area contributed by atoms with Crippen molar-refractivity contribution >= 4 is 33.1 Å². The van der Waals surface area contributed by atoms with Gasteiger partial charge in [-0.2, -0.15) is 5.10 Å². The topological polar surface area (TPSA) is 87.1 Å². The van der Waals surface area contributed by atoms with Crippen LogP contribution in [0.4, 0.5) is 5.69 Å². The van der Waals surface area contributed by atoms with Crippen LogP contribution in [0, 0.1) is 0 Å². The molecule has 2 amide bonds. The molecule has 1 saturated heterocycles. The van der Waals surface area contributed by atoms with Gasteiger partial charge in [-0.1, -0.05) is 18.2 Å². The van der Waals surface area contributed by atoms with E-state index in [2.05, 4.69) is 5.10 Å². The summed E-state index contributed by atoms with van der Waals surface area (Å²) in [6.07, 6.45) is 1.64. The summed E-state index contributed by atoms with van der Waals surface area (Å²) >= 11 is 0. The quantitative estimate of drug-likeness (QED) is 0.775. The third-order valence-electron chi connectivity index (χ3n) is 5.29. The molecule has 0 N–H and O–H groups in total. The molecule has 1 fully saturated rings. The highest BCUT2D eigenvalue weighted by Crippen LogP contribution is 2.33. The lowest BCUT2D eigenvalue weighted by molar-refractivity contribution is -0.133. The van der Waals surface area contributed by atoms with Crippen LogP contribution in [0.5, 0.6) is 0 Å². The molecule has 1 aromatic carbocycles. The van der Waals surface area contributed by atoms with Crippen molar-refractivity contribution in [2.24, 2.45) is 5.10 Å². The Balaban J connectivity index is 1.62. The predicted molar refractivity (Wildman–Crippen MR) is 97.7 cm³/mol. The molecule has 0 bridgehead atoms. The van der Waals surface area contributed by atoms with Crippen LogP contribution in [-0.2, 0) is 25.8 Å². The van der Waals surface area contributed by atoms with Gasteiger partial charge in [0, 0.05) is 24.6 Å². The Bertz CT molecular complexity index is 909. The second-order valence-electron chi connectivity index (χ2n) is 7.20. The molecular weight excluding hydrogens is 354 g/mol. The lowest BCUT2D eigenvalue weighted by atomic mass is 10.1. The fourth-order valence-corrected chi connectivity index (χ4v) is 5.68. The first-order valence-electron chi connectivity index (χ1n) is 8.87. The molecule has 3 aliphatic rings. The number of nitrogens with zero attached hydrogens (tertiary/aromatic N) is 3. The Morgan fingerprint density at radius 2 is 2.00 bits per heavy atom. The highest BCUT2D eigenvalue weighted by Gasteiger charge is 2.39. The second-order valence-corrected chi connectivity index (χ2v) is 9.43. The third kappa shape index (κ3) is 2.92. The number of carbonyl (C=O) groups excluding carboxylic acids is 2. The van der Waals surface area contributed by atoms with Crippen molar-refractivity contribution in [3.05, 3.63) is 29.8 Å². The zero-order valence-electron chi connectivity index (χ0n) is 14.6. The number of hydrogen-bond acceptors (Lipinski definition) is 5. The molecule has 0 saturated carbocycles. The zero-order valence-corrected chi connectivity index (χ0v) is 15.4. The van der Waals surface area contributed by atoms with Gasteiger partial charge in [0.15, 0.2) is 9.84 Å². The minimum absolute atomic E-state index is 0.0283. The van der Waals surface area contributed by atoms with E-state index in [1.807, 2.05) is 31.2 Å². The number of hydrogen-bond donors (Lipinski definition) is 0. The fourth-order valence-electron chi connectivity index (χ4n) is 3.99. The summed E-state index contributed by atoms with van der Waals surface area (Å²) in [5.74, 6) is -0.414. The zero-order chi connectivity index (χ0) is 18.5. The number of hydrazone groups is 1. The van der Waals surface area contributed by atoms with Crippen molar-refractivity contribution in [1.82, 2.24) is 5.01 Å². The van der Waals surface area contributed by atoms with E-state index in [0.717, 1.165) is 17.7 Å². The molecule has 3 heterocycles. The lowest BCUT2D eigenvalue weighted by Crippen LogP contribution is -2.46. The molecule has 1 aromatic rings. The summed E-state index contributed by atoms with van der Waals surface area (Å²) in [5, 5.41) is 5.55. The van der Waals surface area contributed by atoms with Crippen molar-refractivity contribution in [2.75, 3.05) is 16.4 Å². The maximum absolute atomic E-state index is 13.1. The summed E-state index contributed by atoms with van der Waals surface area (Å²) in [6.45, 7) is 1.99. The normalized spacial score (nSPS) is 27.4. The van der Waals surface area contributed by atoms with Gasteiger partial charge in [-0.15, -0.1) is 0 Å². The third-order valence-corrected chi connectivity index (χ3v) is 7.04. The average Bonchev–Trinajstić information content (AvgIpc) is 3.13. The molecule has 0 aliphatic carbocycles. The number of benzene rings is 1. The standard InChI is InChI=1S/C18H21N3O4S/c1-12-10-13-4-2-3-5-16(13)20(12)18(23)15-6-7-17(22)21(19-15)14-8-9-26(24,25)11-14/h2-5,12,14H,6-11H2,1H3/t12-,14+/m0/s1. The number of sulfone groups is 1. The number of rotatable bonds is 2. The number of fused-ring (bicyclic) bond motifs is 1. The SMILES string of the molecule is C[C@H]1Cc2ccccc2N1C(=O)C1=NN([C@@H]2CCS(=O)(=O)C2)C(=O)CC1. The Kier molecular flexibility index (Phi) is 4.10. The number of anilines is 1. The Morgan fingerprint density at radius 1 is 1.23 bits per heavy atom. The maximum Gasteiger partial charge on any atom is 0.274 e. The summed E-state index contributed by atoms with van der Waals surface area (Å²) in [7, 11) is -3.13. The molecule has 0 radical (unpaired) electrons. The van der Waals surface area contributed by atoms with Crippen LogP contribution in [0.1, 0.15) is 31.7 Å². The average molecular weight is 375 g/mol. The van der Waals surface area contributed by atoms with Gasteiger partial charge in [0.25, 0.3) is 5.91 Å². The van der Waals surface area contributed by atoms with Gasteiger partial charge in [-0.3, -0.25) is 9.59 Å². The Morgan fingerprint density at radius 3 is 2.73 bits per heavy atom. The molecule has 2 atom stereocenters. The maximum atomic E-state index is 13.1. The molecule has 7 nitrogen and oxygen atoms in total. The van der Waals surface area contributed by atoms with Crippen LogP contribution in [0.2, 0.25) is 0 Å². The van der Waals surface area contributed by atoms with Crippen LogP contribution in [0.3, 0.4) is 0 Å². The number of para-hydroxylation sites is 1. The molecule has 138 valence electrons. The molecule has 0 aromatic heterocycles. The molecule has 0 unspecified atom stereocenters. The smallest absolute Gasteiger partial charge is 0.274 e. The van der Waals surface area contributed by atoms with Gasteiger partial charge in [0.2, 0.25) is 5.91 Å². The van der Waals surface area contributed by atoms with E-state index in [1.54, 1.807) is 4.90 Å². The van der Waals surface area contributed by atoms with Crippen LogP contribution >= 0.6 is 0 Å². The van der Waals surface area contributed by atoms with E-state index in [-0.39, 0.29) is 35.8 Å². The monoisotopic (exact) mass is 375 g/mol. The highest BCUT2D eigenvalue weighted by molar-refractivity contribution is 7.91. The fraction of sp³-hybridized carbons (Fsp3) is 0.500. The van der Waals surface area contributed by atoms with Crippen LogP contribution in [0.15, 0.2) is 29.4 Å². The first kappa shape index (κ1) is 17.2. The van der Waals surface area contributed by atoms with Crippen LogP contribution in [-0.4, -0.2) is 54.5 Å². The Hall–Kier alpha value is -2.22. The van der Waals surface area contributed by atoms with Crippen molar-refractivity contribution in [1.29, 1.82) is 0 Å². The molecular formula is C18H21N3O4S. The minimum Gasteiger partial charge on any atom is -0.304 e. The van der Waals surface area contributed by atoms with E-state index < -0.39 is 15.9 Å². The largest absolute Gasteiger partial charge is 0.304 e. The van der Waals surface area contributed by atoms with Gasteiger partial charge in [-0.05, 0) is 31.4 Å². The van der Waals surface area contributed by atoms with Crippen LogP contribution < -0.4 is 4.90 Å². The number of carbonyl (C=O) groups is 2. The van der Waals surface area contributed by atoms with E-state index >= 15 is 0 Å². The van der Waals surface area contributed by atoms with Crippen molar-refractivity contribution in [3.8, 4) is 0 Å². The predicted octanol–water partition coefficient (Wildman–Crippen LogP) is 1.13. The van der Waals surface area contributed by atoms with Gasteiger partial charge in [0.05, 0.1) is 17.5 Å². The van der Waals surface area contributed by atoms with Crippen molar-refractivity contribution in [2.45, 2.75) is 44.7 Å². The molecule has 8 heteroatoms. The molecule has 26 heavy (non-hydrogen) atoms. The summed E-state index contributed by atoms with van der Waals surface area (Å²) in [6, 6.07) is 7.37. The second kappa shape index (κ2) is 6.19. The lowest BCUT2D eigenvalue weighted by Gasteiger charge is -2.30. The van der Waals surface area contributed by atoms with E-state index in [0.29, 0.717) is 18.6 Å². The first-order chi connectivity index (χ1) is 12.4. The molecule has 4 rings (SSSR count). The first-order valence-corrected chi connectivity index (χ1v) is 10.7. The number of amides is 2. The molecule has 0 spiro atoms. The summed E-state index contributed by atoms with van der Waals surface area (Å²) in [5.41, 5.74) is 2.34. The van der Waals surface area contributed by atoms with Gasteiger partial charge in [0.1, 0.15) is 5.71 Å². The van der Waals surface area contributed by atoms with Gasteiger partial charge < -0.3 is 4.90 Å². The van der Waals surface area contributed by atoms with Crippen molar-refractivity contribution in [3.63, 3.8) is 0 Å². The van der Waals surface area contributed by atoms with E-state index in [1.165, 1.54) is 5.01 Å². The van der Waals surface area contributed by atoms with E-state index in [4.69, 9.17) is 0 Å². The van der Waals surface area contributed by atoms with Crippen LogP contribution in [0.25, 0.3) is 0 Å².